The molecule has 1 aromatic heterocycles. The number of hydrogen-bond donors (Lipinski definition) is 3. The first-order valence-electron chi connectivity index (χ1n) is 6.18. The van der Waals surface area contributed by atoms with Gasteiger partial charge in [-0.25, -0.2) is 0 Å². The monoisotopic (exact) mass is 245 g/mol. The van der Waals surface area contributed by atoms with Crippen LogP contribution in [0.1, 0.15) is 19.0 Å². The molecule has 1 heterocycles. The van der Waals surface area contributed by atoms with E-state index in [0.29, 0.717) is 6.54 Å². The Morgan fingerprint density at radius 2 is 2.17 bits per heavy atom. The van der Waals surface area contributed by atoms with Crippen LogP contribution >= 0.6 is 0 Å². The lowest BCUT2D eigenvalue weighted by molar-refractivity contribution is 0.183. The number of nitrogen functional groups attached to an aromatic ring is 1. The van der Waals surface area contributed by atoms with Crippen LogP contribution in [0.3, 0.4) is 0 Å². The zero-order valence-corrected chi connectivity index (χ0v) is 10.8. The average Bonchev–Trinajstić information content (AvgIpc) is 2.37. The number of pyridine rings is 1. The number of aliphatic hydroxyl groups excluding tert-OH is 1. The van der Waals surface area contributed by atoms with Gasteiger partial charge in [0, 0.05) is 40.6 Å². The lowest BCUT2D eigenvalue weighted by atomic mass is 10.1. The van der Waals surface area contributed by atoms with Crippen LogP contribution in [0.4, 0.5) is 11.4 Å². The van der Waals surface area contributed by atoms with Crippen LogP contribution < -0.4 is 11.1 Å². The maximum atomic E-state index is 9.60. The highest BCUT2D eigenvalue weighted by Crippen LogP contribution is 2.28. The number of anilines is 2. The molecule has 0 aliphatic heterocycles. The lowest BCUT2D eigenvalue weighted by Gasteiger charge is -2.14. The van der Waals surface area contributed by atoms with Crippen molar-refractivity contribution < 1.29 is 5.11 Å². The average molecular weight is 245 g/mol. The second-order valence-corrected chi connectivity index (χ2v) is 4.52. The third-order valence-corrected chi connectivity index (χ3v) is 3.07. The highest BCUT2D eigenvalue weighted by Gasteiger charge is 2.06. The number of aliphatic hydroxyl groups is 1. The van der Waals surface area contributed by atoms with Gasteiger partial charge in [-0.1, -0.05) is 6.92 Å². The minimum atomic E-state index is -0.333. The number of rotatable bonds is 4. The molecule has 4 heteroatoms. The van der Waals surface area contributed by atoms with E-state index in [1.54, 1.807) is 6.20 Å². The normalized spacial score (nSPS) is 12.6. The van der Waals surface area contributed by atoms with Crippen molar-refractivity contribution in [2.45, 2.75) is 26.4 Å². The van der Waals surface area contributed by atoms with Crippen LogP contribution in [0.15, 0.2) is 24.4 Å². The Morgan fingerprint density at radius 1 is 1.39 bits per heavy atom. The van der Waals surface area contributed by atoms with E-state index in [1.807, 2.05) is 32.0 Å². The summed E-state index contributed by atoms with van der Waals surface area (Å²) in [5.74, 6) is 0. The number of aromatic nitrogens is 1. The summed E-state index contributed by atoms with van der Waals surface area (Å²) < 4.78 is 0. The number of hydrogen-bond acceptors (Lipinski definition) is 4. The molecule has 4 nitrogen and oxygen atoms in total. The molecule has 18 heavy (non-hydrogen) atoms. The lowest BCUT2D eigenvalue weighted by Crippen LogP contribution is -2.18. The molecule has 0 radical (unpaired) electrons. The van der Waals surface area contributed by atoms with E-state index >= 15 is 0 Å². The summed E-state index contributed by atoms with van der Waals surface area (Å²) in [6.07, 6.45) is 2.20. The predicted octanol–water partition coefficient (Wildman–Crippen LogP) is 2.31. The molecule has 2 aromatic rings. The van der Waals surface area contributed by atoms with Crippen LogP contribution in [-0.2, 0) is 0 Å². The number of nitrogens with two attached hydrogens (primary N) is 1. The first-order chi connectivity index (χ1) is 8.61. The van der Waals surface area contributed by atoms with Crippen molar-refractivity contribution in [2.24, 2.45) is 0 Å². The molecule has 0 bridgehead atoms. The molecule has 1 unspecified atom stereocenters. The van der Waals surface area contributed by atoms with Crippen molar-refractivity contribution >= 4 is 22.1 Å². The molecule has 96 valence electrons. The molecular formula is C14H19N3O. The zero-order valence-electron chi connectivity index (χ0n) is 10.8. The second kappa shape index (κ2) is 5.23. The first kappa shape index (κ1) is 12.6. The van der Waals surface area contributed by atoms with E-state index in [4.69, 9.17) is 5.73 Å². The fraction of sp³-hybridized carbons (Fsp3) is 0.357. The molecule has 0 amide bonds. The van der Waals surface area contributed by atoms with E-state index in [1.165, 1.54) is 0 Å². The molecule has 4 N–H and O–H groups in total. The Balaban J connectivity index is 2.38. The highest BCUT2D eigenvalue weighted by molar-refractivity contribution is 6.00. The summed E-state index contributed by atoms with van der Waals surface area (Å²) in [7, 11) is 0. The minimum absolute atomic E-state index is 0.333. The van der Waals surface area contributed by atoms with E-state index < -0.39 is 0 Å². The van der Waals surface area contributed by atoms with Gasteiger partial charge in [0.1, 0.15) is 0 Å². The third-order valence-electron chi connectivity index (χ3n) is 3.07. The summed E-state index contributed by atoms with van der Waals surface area (Å²) in [5, 5.41) is 14.8. The number of nitrogens with zero attached hydrogens (tertiary/aromatic N) is 1. The first-order valence-corrected chi connectivity index (χ1v) is 6.18. The van der Waals surface area contributed by atoms with Crippen LogP contribution in [0.2, 0.25) is 0 Å². The molecule has 0 fully saturated rings. The summed E-state index contributed by atoms with van der Waals surface area (Å²) in [6, 6.07) is 5.81. The van der Waals surface area contributed by atoms with Gasteiger partial charge in [-0.05, 0) is 31.5 Å². The number of fused-ring (bicyclic) bond motifs is 1. The molecule has 0 saturated carbocycles. The highest BCUT2D eigenvalue weighted by atomic mass is 16.3. The van der Waals surface area contributed by atoms with Gasteiger partial charge in [-0.15, -0.1) is 0 Å². The Bertz CT molecular complexity index is 554. The number of aryl methyl sites for hydroxylation is 1. The van der Waals surface area contributed by atoms with Crippen LogP contribution in [0.5, 0.6) is 0 Å². The maximum absolute atomic E-state index is 9.60. The van der Waals surface area contributed by atoms with Gasteiger partial charge in [-0.3, -0.25) is 4.98 Å². The van der Waals surface area contributed by atoms with E-state index in [2.05, 4.69) is 10.3 Å². The van der Waals surface area contributed by atoms with Gasteiger partial charge in [0.2, 0.25) is 0 Å². The molecular weight excluding hydrogens is 226 g/mol. The van der Waals surface area contributed by atoms with Gasteiger partial charge in [0.05, 0.1) is 6.10 Å². The van der Waals surface area contributed by atoms with Crippen LogP contribution in [-0.4, -0.2) is 22.7 Å². The van der Waals surface area contributed by atoms with Crippen molar-refractivity contribution in [1.29, 1.82) is 0 Å². The smallest absolute Gasteiger partial charge is 0.0709 e. The Morgan fingerprint density at radius 3 is 2.89 bits per heavy atom. The van der Waals surface area contributed by atoms with Crippen molar-refractivity contribution in [2.75, 3.05) is 17.6 Å². The van der Waals surface area contributed by atoms with Gasteiger partial charge in [-0.2, -0.15) is 0 Å². The quantitative estimate of drug-likeness (QED) is 0.723. The topological polar surface area (TPSA) is 71.2 Å². The van der Waals surface area contributed by atoms with E-state index in [0.717, 1.165) is 34.3 Å². The standard InChI is InChI=1S/C14H19N3O/c1-3-10(18)7-17-14-5-4-13(15)12-8-16-9(2)6-11(12)14/h4-6,8,10,17-18H,3,7,15H2,1-2H3. The summed E-state index contributed by atoms with van der Waals surface area (Å²) in [6.45, 7) is 4.45. The van der Waals surface area contributed by atoms with Crippen LogP contribution in [0, 0.1) is 6.92 Å². The van der Waals surface area contributed by atoms with Crippen molar-refractivity contribution in [3.63, 3.8) is 0 Å². The van der Waals surface area contributed by atoms with Gasteiger partial charge < -0.3 is 16.2 Å². The third kappa shape index (κ3) is 2.54. The predicted molar refractivity (Wildman–Crippen MR) is 75.7 cm³/mol. The molecule has 0 aliphatic carbocycles. The van der Waals surface area contributed by atoms with Crippen LogP contribution in [0.25, 0.3) is 10.8 Å². The number of benzene rings is 1. The molecule has 1 atom stereocenters. The van der Waals surface area contributed by atoms with Gasteiger partial charge >= 0.3 is 0 Å². The minimum Gasteiger partial charge on any atom is -0.398 e. The van der Waals surface area contributed by atoms with E-state index in [9.17, 15) is 5.11 Å². The summed E-state index contributed by atoms with van der Waals surface area (Å²) in [4.78, 5) is 4.26. The summed E-state index contributed by atoms with van der Waals surface area (Å²) >= 11 is 0. The second-order valence-electron chi connectivity index (χ2n) is 4.52. The molecule has 2 rings (SSSR count). The molecule has 0 spiro atoms. The van der Waals surface area contributed by atoms with Crippen molar-refractivity contribution in [3.05, 3.63) is 30.1 Å². The Hall–Kier alpha value is -1.81. The largest absolute Gasteiger partial charge is 0.398 e. The zero-order chi connectivity index (χ0) is 13.1. The van der Waals surface area contributed by atoms with E-state index in [-0.39, 0.29) is 6.10 Å². The Labute approximate surface area is 107 Å². The molecule has 1 aromatic carbocycles. The van der Waals surface area contributed by atoms with Gasteiger partial charge in [0.25, 0.3) is 0 Å². The maximum Gasteiger partial charge on any atom is 0.0709 e. The van der Waals surface area contributed by atoms with Crippen molar-refractivity contribution in [1.82, 2.24) is 4.98 Å². The molecule has 0 aliphatic rings. The molecule has 0 saturated heterocycles. The fourth-order valence-electron chi connectivity index (χ4n) is 1.89. The Kier molecular flexibility index (Phi) is 3.67. The number of nitrogens with one attached hydrogen (secondary N) is 1. The van der Waals surface area contributed by atoms with Crippen molar-refractivity contribution in [3.8, 4) is 0 Å². The summed E-state index contributed by atoms with van der Waals surface area (Å²) in [5.41, 5.74) is 8.60. The SMILES string of the molecule is CCC(O)CNc1ccc(N)c2cnc(C)cc12. The van der Waals surface area contributed by atoms with Gasteiger partial charge in [0.15, 0.2) is 0 Å². The fourth-order valence-corrected chi connectivity index (χ4v) is 1.89.